The molecule has 2 heterocycles. The number of carboxylic acid groups (broad SMARTS) is 1. The number of hydrogen-bond acceptors (Lipinski definition) is 7. The lowest BCUT2D eigenvalue weighted by Crippen LogP contribution is -2.23. The number of aliphatic carboxylic acids is 1. The van der Waals surface area contributed by atoms with Crippen molar-refractivity contribution in [3.63, 3.8) is 0 Å². The maximum absolute atomic E-state index is 11.9. The van der Waals surface area contributed by atoms with Crippen molar-refractivity contribution in [3.8, 4) is 17.0 Å². The highest BCUT2D eigenvalue weighted by molar-refractivity contribution is 8.26. The van der Waals surface area contributed by atoms with Crippen molar-refractivity contribution in [2.75, 3.05) is 7.11 Å². The Morgan fingerprint density at radius 2 is 2.15 bits per heavy atom. The third-order valence-electron chi connectivity index (χ3n) is 3.63. The summed E-state index contributed by atoms with van der Waals surface area (Å²) in [5, 5.41) is 17.7. The van der Waals surface area contributed by atoms with Gasteiger partial charge in [-0.2, -0.15) is 5.10 Å². The second-order valence-electron chi connectivity index (χ2n) is 5.40. The van der Waals surface area contributed by atoms with Crippen molar-refractivity contribution in [2.24, 2.45) is 0 Å². The number of carbonyl (C=O) groups excluding carboxylic acids is 2. The van der Waals surface area contributed by atoms with Crippen LogP contribution in [-0.4, -0.2) is 33.1 Å². The fourth-order valence-corrected chi connectivity index (χ4v) is 3.43. The summed E-state index contributed by atoms with van der Waals surface area (Å²) in [5.41, 5.74) is 2.14. The van der Waals surface area contributed by atoms with E-state index in [0.717, 1.165) is 5.56 Å². The summed E-state index contributed by atoms with van der Waals surface area (Å²) in [6, 6.07) is 7.30. The molecule has 1 N–H and O–H groups in total. The Labute approximate surface area is 159 Å². The fraction of sp³-hybridized carbons (Fsp3) is 0.176. The van der Waals surface area contributed by atoms with Gasteiger partial charge in [0.25, 0.3) is 5.91 Å². The first-order valence-corrected chi connectivity index (χ1v) is 8.85. The number of aryl methyl sites for hydroxylation is 1. The molecule has 26 heavy (non-hydrogen) atoms. The third kappa shape index (κ3) is 4.12. The van der Waals surface area contributed by atoms with E-state index < -0.39 is 5.97 Å². The number of benzene rings is 1. The number of nitrogens with zero attached hydrogens (tertiary/aromatic N) is 2. The summed E-state index contributed by atoms with van der Waals surface area (Å²) in [7, 11) is 1.58. The lowest BCUT2D eigenvalue weighted by molar-refractivity contribution is -0.306. The molecule has 1 saturated heterocycles. The Balaban J connectivity index is 1.99. The molecule has 1 aromatic heterocycles. The van der Waals surface area contributed by atoms with Crippen molar-refractivity contribution in [3.05, 3.63) is 40.9 Å². The summed E-state index contributed by atoms with van der Waals surface area (Å²) < 4.78 is 7.08. The zero-order chi connectivity index (χ0) is 18.7. The van der Waals surface area contributed by atoms with E-state index in [-0.39, 0.29) is 18.9 Å². The van der Waals surface area contributed by atoms with Crippen LogP contribution in [0.1, 0.15) is 12.0 Å². The predicted molar refractivity (Wildman–Crippen MR) is 100 cm³/mol. The summed E-state index contributed by atoms with van der Waals surface area (Å²) in [4.78, 5) is 23.1. The van der Waals surface area contributed by atoms with Crippen LogP contribution < -0.4 is 15.2 Å². The number of thiocarbonyl (C=S) groups is 1. The number of thioether (sulfide) groups is 1. The van der Waals surface area contributed by atoms with E-state index in [0.29, 0.717) is 26.2 Å². The van der Waals surface area contributed by atoms with E-state index in [1.165, 1.54) is 16.4 Å². The van der Waals surface area contributed by atoms with Crippen LogP contribution in [-0.2, 0) is 16.1 Å². The van der Waals surface area contributed by atoms with Crippen LogP contribution in [0, 0.1) is 0 Å². The van der Waals surface area contributed by atoms with E-state index in [1.807, 2.05) is 12.1 Å². The van der Waals surface area contributed by atoms with Crippen molar-refractivity contribution in [2.45, 2.75) is 13.0 Å². The normalized spacial score (nSPS) is 15.3. The van der Waals surface area contributed by atoms with E-state index in [1.54, 1.807) is 31.5 Å². The van der Waals surface area contributed by atoms with Gasteiger partial charge in [-0.25, -0.2) is 0 Å². The monoisotopic (exact) mass is 388 g/mol. The number of carboxylic acids is 1. The molecule has 0 bridgehead atoms. The number of methoxy groups -OCH3 is 1. The standard InChI is InChI=1S/C17H15N3O4S2/c1-24-12-4-2-10(3-5-12)15-11(8-13-16(23)18-17(25)26-13)9-20(19-15)7-6-14(21)22/h2-5,8-9H,6-7H2,1H3,(H,21,22)(H,18,23,25)/p-1/b13-8-. The quantitative estimate of drug-likeness (QED) is 0.586. The van der Waals surface area contributed by atoms with Crippen LogP contribution >= 0.6 is 24.0 Å². The summed E-state index contributed by atoms with van der Waals surface area (Å²) >= 11 is 6.18. The van der Waals surface area contributed by atoms with Gasteiger partial charge in [-0.05, 0) is 30.3 Å². The highest BCUT2D eigenvalue weighted by Gasteiger charge is 2.23. The Morgan fingerprint density at radius 1 is 1.42 bits per heavy atom. The molecular formula is C17H14N3O4S2-. The van der Waals surface area contributed by atoms with Gasteiger partial charge in [0, 0.05) is 36.3 Å². The minimum absolute atomic E-state index is 0.154. The number of amides is 1. The lowest BCUT2D eigenvalue weighted by Gasteiger charge is -2.03. The zero-order valence-corrected chi connectivity index (χ0v) is 15.4. The molecule has 2 aromatic rings. The Hall–Kier alpha value is -2.65. The average molecular weight is 388 g/mol. The molecule has 0 atom stereocenters. The second kappa shape index (κ2) is 7.71. The minimum Gasteiger partial charge on any atom is -0.550 e. The SMILES string of the molecule is COc1ccc(-c2nn(CCC(=O)[O-])cc2/C=C2\SC(=S)NC2=O)cc1. The van der Waals surface area contributed by atoms with Crippen molar-refractivity contribution in [1.82, 2.24) is 15.1 Å². The first-order valence-electron chi connectivity index (χ1n) is 7.63. The molecule has 1 aromatic carbocycles. The van der Waals surface area contributed by atoms with Crippen LogP contribution in [0.15, 0.2) is 35.4 Å². The maximum atomic E-state index is 11.9. The van der Waals surface area contributed by atoms with Gasteiger partial charge in [-0.15, -0.1) is 0 Å². The molecule has 3 rings (SSSR count). The molecule has 0 saturated carbocycles. The molecule has 0 radical (unpaired) electrons. The number of rotatable bonds is 6. The van der Waals surface area contributed by atoms with Crippen molar-refractivity contribution < 1.29 is 19.4 Å². The van der Waals surface area contributed by atoms with E-state index >= 15 is 0 Å². The molecule has 1 amide bonds. The molecule has 0 spiro atoms. The fourth-order valence-electron chi connectivity index (χ4n) is 2.40. The number of nitrogens with one attached hydrogen (secondary N) is 1. The van der Waals surface area contributed by atoms with Gasteiger partial charge in [0.2, 0.25) is 0 Å². The molecule has 0 unspecified atom stereocenters. The minimum atomic E-state index is -1.15. The van der Waals surface area contributed by atoms with Gasteiger partial charge < -0.3 is 20.0 Å². The highest BCUT2D eigenvalue weighted by atomic mass is 32.2. The van der Waals surface area contributed by atoms with Crippen molar-refractivity contribution in [1.29, 1.82) is 0 Å². The Kier molecular flexibility index (Phi) is 5.38. The molecule has 9 heteroatoms. The molecule has 1 aliphatic rings. The number of hydrogen-bond donors (Lipinski definition) is 1. The van der Waals surface area contributed by atoms with E-state index in [9.17, 15) is 14.7 Å². The Bertz CT molecular complexity index is 903. The van der Waals surface area contributed by atoms with Gasteiger partial charge in [0.1, 0.15) is 10.1 Å². The highest BCUT2D eigenvalue weighted by Crippen LogP contribution is 2.30. The van der Waals surface area contributed by atoms with Gasteiger partial charge in [0.15, 0.2) is 0 Å². The first kappa shape index (κ1) is 18.2. The molecule has 7 nitrogen and oxygen atoms in total. The van der Waals surface area contributed by atoms with Gasteiger partial charge in [0.05, 0.1) is 17.7 Å². The maximum Gasteiger partial charge on any atom is 0.263 e. The number of carbonyl (C=O) groups is 2. The summed E-state index contributed by atoms with van der Waals surface area (Å²) in [6.45, 7) is 0.173. The largest absolute Gasteiger partial charge is 0.550 e. The van der Waals surface area contributed by atoms with Gasteiger partial charge >= 0.3 is 0 Å². The van der Waals surface area contributed by atoms with Crippen LogP contribution in [0.4, 0.5) is 0 Å². The predicted octanol–water partition coefficient (Wildman–Crippen LogP) is 1.19. The molecule has 134 valence electrons. The van der Waals surface area contributed by atoms with Crippen molar-refractivity contribution >= 4 is 46.3 Å². The number of ether oxygens (including phenoxy) is 1. The molecule has 0 aliphatic carbocycles. The molecular weight excluding hydrogens is 374 g/mol. The smallest absolute Gasteiger partial charge is 0.263 e. The first-order chi connectivity index (χ1) is 12.5. The van der Waals surface area contributed by atoms with Crippen LogP contribution in [0.25, 0.3) is 17.3 Å². The van der Waals surface area contributed by atoms with Gasteiger partial charge in [-0.3, -0.25) is 9.48 Å². The van der Waals surface area contributed by atoms with Crippen LogP contribution in [0.2, 0.25) is 0 Å². The van der Waals surface area contributed by atoms with E-state index in [2.05, 4.69) is 10.4 Å². The number of aromatic nitrogens is 2. The van der Waals surface area contributed by atoms with Gasteiger partial charge in [-0.1, -0.05) is 24.0 Å². The topological polar surface area (TPSA) is 96.3 Å². The molecule has 1 aliphatic heterocycles. The second-order valence-corrected chi connectivity index (χ2v) is 7.12. The Morgan fingerprint density at radius 3 is 2.73 bits per heavy atom. The average Bonchev–Trinajstić information content (AvgIpc) is 3.16. The zero-order valence-electron chi connectivity index (χ0n) is 13.7. The summed E-state index contributed by atoms with van der Waals surface area (Å²) in [6.07, 6.45) is 3.24. The van der Waals surface area contributed by atoms with E-state index in [4.69, 9.17) is 17.0 Å². The third-order valence-corrected chi connectivity index (χ3v) is 4.79. The summed E-state index contributed by atoms with van der Waals surface area (Å²) in [5.74, 6) is -0.702. The van der Waals surface area contributed by atoms with Crippen LogP contribution in [0.5, 0.6) is 5.75 Å². The molecule has 1 fully saturated rings. The van der Waals surface area contributed by atoms with Crippen LogP contribution in [0.3, 0.4) is 0 Å². The lowest BCUT2D eigenvalue weighted by atomic mass is 10.1.